The van der Waals surface area contributed by atoms with Gasteiger partial charge >= 0.3 is 5.97 Å². The summed E-state index contributed by atoms with van der Waals surface area (Å²) in [7, 11) is 0. The number of carbonyl (C=O) groups is 2. The number of hydrogen-bond donors (Lipinski definition) is 1. The predicted octanol–water partition coefficient (Wildman–Crippen LogP) is 3.98. The minimum Gasteiger partial charge on any atom is -0.449 e. The topological polar surface area (TPSA) is 68.5 Å². The molecule has 1 N–H and O–H groups in total. The highest BCUT2D eigenvalue weighted by atomic mass is 16.6. The highest BCUT2D eigenvalue weighted by Gasteiger charge is 2.28. The fourth-order valence-electron chi connectivity index (χ4n) is 3.47. The number of aryl methyl sites for hydroxylation is 1. The summed E-state index contributed by atoms with van der Waals surface area (Å²) in [5, 5.41) is 3.90. The number of esters is 1. The number of ether oxygens (including phenoxy) is 1. The molecule has 0 aliphatic heterocycles. The van der Waals surface area contributed by atoms with E-state index in [2.05, 4.69) is 12.2 Å². The summed E-state index contributed by atoms with van der Waals surface area (Å²) in [6.07, 6.45) is 3.59. The van der Waals surface area contributed by atoms with Crippen molar-refractivity contribution in [1.82, 2.24) is 5.32 Å². The molecule has 3 rings (SSSR count). The van der Waals surface area contributed by atoms with Crippen LogP contribution >= 0.6 is 0 Å². The zero-order valence-electron chi connectivity index (χ0n) is 15.0. The van der Waals surface area contributed by atoms with Crippen LogP contribution < -0.4 is 5.32 Å². The highest BCUT2D eigenvalue weighted by Crippen LogP contribution is 2.26. The highest BCUT2D eigenvalue weighted by molar-refractivity contribution is 5.97. The summed E-state index contributed by atoms with van der Waals surface area (Å²) in [6, 6.07) is 7.60. The van der Waals surface area contributed by atoms with Crippen molar-refractivity contribution in [3.05, 3.63) is 35.6 Å². The van der Waals surface area contributed by atoms with E-state index in [0.29, 0.717) is 11.5 Å². The van der Waals surface area contributed by atoms with E-state index in [4.69, 9.17) is 9.15 Å². The molecule has 1 aliphatic rings. The number of nitrogens with one attached hydrogen (secondary N) is 1. The number of furan rings is 1. The Kier molecular flexibility index (Phi) is 5.11. The maximum atomic E-state index is 12.4. The number of fused-ring (bicyclic) bond motifs is 1. The number of rotatable bonds is 4. The van der Waals surface area contributed by atoms with Crippen LogP contribution in [-0.2, 0) is 9.53 Å². The van der Waals surface area contributed by atoms with Gasteiger partial charge in [0.2, 0.25) is 5.76 Å². The number of amides is 1. The molecule has 1 fully saturated rings. The zero-order chi connectivity index (χ0) is 18.0. The first kappa shape index (κ1) is 17.5. The van der Waals surface area contributed by atoms with Gasteiger partial charge in [0.15, 0.2) is 6.10 Å². The molecule has 0 spiro atoms. The van der Waals surface area contributed by atoms with E-state index >= 15 is 0 Å². The maximum absolute atomic E-state index is 12.4. The maximum Gasteiger partial charge on any atom is 0.375 e. The fourth-order valence-corrected chi connectivity index (χ4v) is 3.47. The molecular weight excluding hydrogens is 318 g/mol. The molecule has 1 aliphatic carbocycles. The van der Waals surface area contributed by atoms with Gasteiger partial charge in [-0.3, -0.25) is 4.79 Å². The van der Waals surface area contributed by atoms with E-state index in [-0.39, 0.29) is 17.7 Å². The van der Waals surface area contributed by atoms with Crippen molar-refractivity contribution >= 4 is 22.8 Å². The number of para-hydroxylation sites is 1. The lowest BCUT2D eigenvalue weighted by Crippen LogP contribution is -2.46. The fraction of sp³-hybridized carbons (Fsp3) is 0.500. The third kappa shape index (κ3) is 3.70. The Morgan fingerprint density at radius 3 is 2.68 bits per heavy atom. The summed E-state index contributed by atoms with van der Waals surface area (Å²) in [5.74, 6) is -0.237. The van der Waals surface area contributed by atoms with E-state index in [9.17, 15) is 9.59 Å². The first-order valence-electron chi connectivity index (χ1n) is 8.97. The Balaban J connectivity index is 1.65. The van der Waals surface area contributed by atoms with Crippen molar-refractivity contribution in [1.29, 1.82) is 0 Å². The van der Waals surface area contributed by atoms with Crippen LogP contribution in [0.3, 0.4) is 0 Å². The largest absolute Gasteiger partial charge is 0.449 e. The van der Waals surface area contributed by atoms with Gasteiger partial charge in [0.25, 0.3) is 5.91 Å². The molecule has 3 atom stereocenters. The smallest absolute Gasteiger partial charge is 0.375 e. The van der Waals surface area contributed by atoms with Crippen molar-refractivity contribution in [2.45, 2.75) is 58.6 Å². The van der Waals surface area contributed by atoms with Crippen LogP contribution in [0.2, 0.25) is 0 Å². The van der Waals surface area contributed by atoms with Gasteiger partial charge in [0.05, 0.1) is 0 Å². The molecule has 2 aromatic rings. The van der Waals surface area contributed by atoms with Crippen LogP contribution in [0.15, 0.2) is 28.7 Å². The first-order valence-corrected chi connectivity index (χ1v) is 8.97. The van der Waals surface area contributed by atoms with Crippen LogP contribution in [0, 0.1) is 12.8 Å². The van der Waals surface area contributed by atoms with Gasteiger partial charge in [-0.2, -0.15) is 0 Å². The third-order valence-corrected chi connectivity index (χ3v) is 5.12. The predicted molar refractivity (Wildman–Crippen MR) is 95.4 cm³/mol. The van der Waals surface area contributed by atoms with Gasteiger partial charge in [-0.1, -0.05) is 38.0 Å². The molecule has 1 saturated carbocycles. The van der Waals surface area contributed by atoms with Crippen molar-refractivity contribution < 1.29 is 18.7 Å². The van der Waals surface area contributed by atoms with Crippen molar-refractivity contribution in [2.75, 3.05) is 0 Å². The second-order valence-corrected chi connectivity index (χ2v) is 6.98. The molecule has 1 aromatic heterocycles. The molecule has 5 heteroatoms. The van der Waals surface area contributed by atoms with E-state index in [1.54, 1.807) is 13.0 Å². The van der Waals surface area contributed by atoms with E-state index in [1.165, 1.54) is 6.42 Å². The molecule has 25 heavy (non-hydrogen) atoms. The van der Waals surface area contributed by atoms with Gasteiger partial charge < -0.3 is 14.5 Å². The monoisotopic (exact) mass is 343 g/mol. The minimum atomic E-state index is -0.853. The first-order chi connectivity index (χ1) is 12.0. The lowest BCUT2D eigenvalue weighted by Gasteiger charge is -2.30. The van der Waals surface area contributed by atoms with Gasteiger partial charge in [-0.15, -0.1) is 0 Å². The molecule has 134 valence electrons. The third-order valence-electron chi connectivity index (χ3n) is 5.12. The summed E-state index contributed by atoms with van der Waals surface area (Å²) in [6.45, 7) is 5.56. The van der Waals surface area contributed by atoms with Gasteiger partial charge in [0, 0.05) is 17.0 Å². The van der Waals surface area contributed by atoms with Crippen molar-refractivity contribution in [2.24, 2.45) is 5.92 Å². The molecule has 1 heterocycles. The number of hydrogen-bond acceptors (Lipinski definition) is 4. The Bertz CT molecular complexity index is 779. The molecule has 1 aromatic carbocycles. The van der Waals surface area contributed by atoms with E-state index in [1.807, 2.05) is 25.1 Å². The molecule has 0 unspecified atom stereocenters. The van der Waals surface area contributed by atoms with Crippen LogP contribution in [0.5, 0.6) is 0 Å². The molecule has 0 bridgehead atoms. The van der Waals surface area contributed by atoms with Gasteiger partial charge in [0.1, 0.15) is 5.58 Å². The molecule has 5 nitrogen and oxygen atoms in total. The molecule has 1 amide bonds. The lowest BCUT2D eigenvalue weighted by molar-refractivity contribution is -0.130. The SMILES string of the molecule is Cc1c(C(=O)O[C@H](C)C(=O)N[C@H]2CCCC[C@@H]2C)oc2ccccc12. The van der Waals surface area contributed by atoms with Crippen molar-refractivity contribution in [3.63, 3.8) is 0 Å². The van der Waals surface area contributed by atoms with Crippen LogP contribution in [0.4, 0.5) is 0 Å². The second kappa shape index (κ2) is 7.30. The number of carbonyl (C=O) groups excluding carboxylic acids is 2. The van der Waals surface area contributed by atoms with Crippen molar-refractivity contribution in [3.8, 4) is 0 Å². The normalized spacial score (nSPS) is 21.7. The molecular formula is C20H25NO4. The average molecular weight is 343 g/mol. The molecule has 0 saturated heterocycles. The average Bonchev–Trinajstić information content (AvgIpc) is 2.94. The molecule has 0 radical (unpaired) electrons. The van der Waals surface area contributed by atoms with Crippen LogP contribution in [0.25, 0.3) is 11.0 Å². The summed E-state index contributed by atoms with van der Waals surface area (Å²) >= 11 is 0. The summed E-state index contributed by atoms with van der Waals surface area (Å²) in [5.41, 5.74) is 1.37. The Hall–Kier alpha value is -2.30. The standard InChI is InChI=1S/C20H25NO4/c1-12-8-4-6-10-16(12)21-19(22)14(3)24-20(23)18-13(2)15-9-5-7-11-17(15)25-18/h5,7,9,11-12,14,16H,4,6,8,10H2,1-3H3,(H,21,22)/t12-,14+,16-/m0/s1. The lowest BCUT2D eigenvalue weighted by atomic mass is 9.86. The van der Waals surface area contributed by atoms with Gasteiger partial charge in [-0.05, 0) is 38.7 Å². The Labute approximate surface area is 147 Å². The van der Waals surface area contributed by atoms with E-state index in [0.717, 1.165) is 30.2 Å². The van der Waals surface area contributed by atoms with Crippen LogP contribution in [0.1, 0.15) is 55.6 Å². The zero-order valence-corrected chi connectivity index (χ0v) is 15.0. The number of benzene rings is 1. The Morgan fingerprint density at radius 1 is 1.24 bits per heavy atom. The van der Waals surface area contributed by atoms with E-state index < -0.39 is 12.1 Å². The quantitative estimate of drug-likeness (QED) is 0.853. The summed E-state index contributed by atoms with van der Waals surface area (Å²) in [4.78, 5) is 24.8. The minimum absolute atomic E-state index is 0.159. The summed E-state index contributed by atoms with van der Waals surface area (Å²) < 4.78 is 10.9. The van der Waals surface area contributed by atoms with Crippen LogP contribution in [-0.4, -0.2) is 24.0 Å². The second-order valence-electron chi connectivity index (χ2n) is 6.98. The van der Waals surface area contributed by atoms with Gasteiger partial charge in [-0.25, -0.2) is 4.79 Å². The Morgan fingerprint density at radius 2 is 1.96 bits per heavy atom.